The topological polar surface area (TPSA) is 85.2 Å². The van der Waals surface area contributed by atoms with Gasteiger partial charge in [-0.05, 0) is 20.8 Å². The highest BCUT2D eigenvalue weighted by molar-refractivity contribution is 8.20. The molecule has 0 bridgehead atoms. The van der Waals surface area contributed by atoms with Crippen LogP contribution in [0.2, 0.25) is 0 Å². The summed E-state index contributed by atoms with van der Waals surface area (Å²) in [6, 6.07) is 0. The molecule has 0 saturated carbocycles. The van der Waals surface area contributed by atoms with Crippen LogP contribution in [-0.2, 0) is 13.7 Å². The molecule has 0 aliphatic carbocycles. The number of rotatable bonds is 1. The molecule has 1 rings (SSSR count). The fourth-order valence-electron chi connectivity index (χ4n) is 0.999. The zero-order valence-corrected chi connectivity index (χ0v) is 9.74. The van der Waals surface area contributed by atoms with Crippen LogP contribution in [0.1, 0.15) is 27.2 Å². The van der Waals surface area contributed by atoms with E-state index in [1.165, 1.54) is 0 Å². The molecular formula is C8H16O6S. The third-order valence-corrected chi connectivity index (χ3v) is 3.10. The summed E-state index contributed by atoms with van der Waals surface area (Å²) in [6.45, 7) is 5.24. The van der Waals surface area contributed by atoms with E-state index in [2.05, 4.69) is 4.18 Å². The van der Waals surface area contributed by atoms with Crippen molar-refractivity contribution < 1.29 is 27.6 Å². The third kappa shape index (κ3) is 3.86. The van der Waals surface area contributed by atoms with E-state index in [-0.39, 0.29) is 13.0 Å². The van der Waals surface area contributed by atoms with Crippen LogP contribution in [0.5, 0.6) is 0 Å². The predicted molar refractivity (Wildman–Crippen MR) is 54.5 cm³/mol. The van der Waals surface area contributed by atoms with E-state index in [9.17, 15) is 13.9 Å². The lowest BCUT2D eigenvalue weighted by Crippen LogP contribution is -2.28. The molecule has 0 aromatic carbocycles. The van der Waals surface area contributed by atoms with Crippen molar-refractivity contribution in [3.05, 3.63) is 0 Å². The molecule has 0 spiro atoms. The van der Waals surface area contributed by atoms with Gasteiger partial charge in [0, 0.05) is 6.42 Å². The SMILES string of the molecule is CC(C)(C)OC(=O)OC1CCOS1(O)O. The van der Waals surface area contributed by atoms with Gasteiger partial charge in [0.05, 0.1) is 6.61 Å². The lowest BCUT2D eigenvalue weighted by molar-refractivity contribution is -0.0142. The molecular weight excluding hydrogens is 224 g/mol. The van der Waals surface area contributed by atoms with Crippen molar-refractivity contribution in [1.82, 2.24) is 0 Å². The highest BCUT2D eigenvalue weighted by Crippen LogP contribution is 2.52. The first kappa shape index (κ1) is 12.6. The number of ether oxygens (including phenoxy) is 2. The Labute approximate surface area is 90.1 Å². The Morgan fingerprint density at radius 1 is 1.47 bits per heavy atom. The first-order chi connectivity index (χ1) is 6.71. The van der Waals surface area contributed by atoms with Crippen molar-refractivity contribution in [3.63, 3.8) is 0 Å². The quantitative estimate of drug-likeness (QED) is 0.684. The van der Waals surface area contributed by atoms with Crippen LogP contribution in [0.3, 0.4) is 0 Å². The van der Waals surface area contributed by atoms with Gasteiger partial charge in [-0.2, -0.15) is 0 Å². The molecule has 1 aliphatic rings. The molecule has 0 radical (unpaired) electrons. The Morgan fingerprint density at radius 3 is 2.47 bits per heavy atom. The summed E-state index contributed by atoms with van der Waals surface area (Å²) in [7, 11) is -3.26. The normalized spacial score (nSPS) is 27.1. The van der Waals surface area contributed by atoms with E-state index >= 15 is 0 Å². The molecule has 1 heterocycles. The molecule has 15 heavy (non-hydrogen) atoms. The molecule has 1 atom stereocenters. The van der Waals surface area contributed by atoms with Gasteiger partial charge >= 0.3 is 6.16 Å². The van der Waals surface area contributed by atoms with E-state index in [0.717, 1.165) is 0 Å². The fraction of sp³-hybridized carbons (Fsp3) is 0.875. The van der Waals surface area contributed by atoms with Gasteiger partial charge in [-0.25, -0.2) is 4.79 Å². The first-order valence-corrected chi connectivity index (χ1v) is 6.05. The molecule has 1 aliphatic heterocycles. The molecule has 6 nitrogen and oxygen atoms in total. The smallest absolute Gasteiger partial charge is 0.429 e. The van der Waals surface area contributed by atoms with Crippen molar-refractivity contribution in [2.75, 3.05) is 6.61 Å². The Morgan fingerprint density at radius 2 is 2.07 bits per heavy atom. The number of carbonyl (C=O) groups excluding carboxylic acids is 1. The average molecular weight is 240 g/mol. The summed E-state index contributed by atoms with van der Waals surface area (Å²) in [4.78, 5) is 11.2. The summed E-state index contributed by atoms with van der Waals surface area (Å²) in [6.07, 6.45) is -0.653. The summed E-state index contributed by atoms with van der Waals surface area (Å²) < 4.78 is 32.8. The molecule has 1 unspecified atom stereocenters. The van der Waals surface area contributed by atoms with E-state index in [0.29, 0.717) is 0 Å². The minimum Gasteiger partial charge on any atom is -0.429 e. The molecule has 2 N–H and O–H groups in total. The van der Waals surface area contributed by atoms with E-state index in [1.807, 2.05) is 0 Å². The zero-order chi connectivity index (χ0) is 11.7. The highest BCUT2D eigenvalue weighted by Gasteiger charge is 2.40. The van der Waals surface area contributed by atoms with Crippen molar-refractivity contribution in [2.45, 2.75) is 38.2 Å². The van der Waals surface area contributed by atoms with Gasteiger partial charge in [0.25, 0.3) is 0 Å². The molecule has 1 saturated heterocycles. The molecule has 0 aromatic heterocycles. The van der Waals surface area contributed by atoms with Gasteiger partial charge in [0.1, 0.15) is 16.5 Å². The second kappa shape index (κ2) is 4.17. The first-order valence-electron chi connectivity index (χ1n) is 4.52. The molecule has 0 aromatic rings. The standard InChI is InChI=1S/C8H16O6S/c1-8(2,3)14-7(9)13-6-4-5-12-15(6,10)11/h6,10-11H,4-5H2,1-3H3. The van der Waals surface area contributed by atoms with E-state index in [1.54, 1.807) is 20.8 Å². The predicted octanol–water partition coefficient (Wildman–Crippen LogP) is 2.35. The van der Waals surface area contributed by atoms with Gasteiger partial charge in [0.2, 0.25) is 5.44 Å². The van der Waals surface area contributed by atoms with Crippen LogP contribution in [0.4, 0.5) is 4.79 Å². The van der Waals surface area contributed by atoms with Gasteiger partial charge in [-0.3, -0.25) is 4.18 Å². The summed E-state index contributed by atoms with van der Waals surface area (Å²) in [5, 5.41) is 0. The fourth-order valence-corrected chi connectivity index (χ4v) is 2.10. The van der Waals surface area contributed by atoms with Crippen LogP contribution in [0, 0.1) is 0 Å². The van der Waals surface area contributed by atoms with Crippen molar-refractivity contribution >= 4 is 17.0 Å². The van der Waals surface area contributed by atoms with E-state index in [4.69, 9.17) is 9.47 Å². The van der Waals surface area contributed by atoms with Crippen LogP contribution >= 0.6 is 10.9 Å². The maximum Gasteiger partial charge on any atom is 0.510 e. The molecule has 1 fully saturated rings. The summed E-state index contributed by atoms with van der Waals surface area (Å²) in [5.41, 5.74) is -1.69. The Bertz CT molecular complexity index is 246. The highest BCUT2D eigenvalue weighted by atomic mass is 32.3. The van der Waals surface area contributed by atoms with Crippen molar-refractivity contribution in [3.8, 4) is 0 Å². The Kier molecular flexibility index (Phi) is 3.49. The largest absolute Gasteiger partial charge is 0.510 e. The third-order valence-electron chi connectivity index (χ3n) is 1.57. The maximum atomic E-state index is 11.2. The number of hydrogen-bond donors (Lipinski definition) is 2. The van der Waals surface area contributed by atoms with Gasteiger partial charge in [-0.1, -0.05) is 0 Å². The second-order valence-corrected chi connectivity index (χ2v) is 6.00. The Balaban J connectivity index is 2.45. The Hall–Kier alpha value is -0.500. The van der Waals surface area contributed by atoms with Crippen molar-refractivity contribution in [2.24, 2.45) is 0 Å². The monoisotopic (exact) mass is 240 g/mol. The van der Waals surface area contributed by atoms with Crippen LogP contribution in [-0.4, -0.2) is 32.9 Å². The van der Waals surface area contributed by atoms with Gasteiger partial charge < -0.3 is 18.6 Å². The van der Waals surface area contributed by atoms with Crippen LogP contribution in [0.25, 0.3) is 0 Å². The zero-order valence-electron chi connectivity index (χ0n) is 8.93. The molecule has 7 heteroatoms. The second-order valence-electron chi connectivity index (χ2n) is 4.16. The van der Waals surface area contributed by atoms with Crippen LogP contribution < -0.4 is 0 Å². The molecule has 0 amide bonds. The minimum atomic E-state index is -3.26. The lowest BCUT2D eigenvalue weighted by Gasteiger charge is -2.27. The summed E-state index contributed by atoms with van der Waals surface area (Å²) in [5.74, 6) is 0. The minimum absolute atomic E-state index is 0.162. The molecule has 90 valence electrons. The van der Waals surface area contributed by atoms with Crippen LogP contribution in [0.15, 0.2) is 0 Å². The maximum absolute atomic E-state index is 11.2. The van der Waals surface area contributed by atoms with E-state index < -0.39 is 28.1 Å². The van der Waals surface area contributed by atoms with Crippen molar-refractivity contribution in [1.29, 1.82) is 0 Å². The number of hydrogen-bond acceptors (Lipinski definition) is 6. The summed E-state index contributed by atoms with van der Waals surface area (Å²) >= 11 is 0. The van der Waals surface area contributed by atoms with Gasteiger partial charge in [0.15, 0.2) is 0 Å². The number of carbonyl (C=O) groups is 1. The average Bonchev–Trinajstić information content (AvgIpc) is 2.26. The lowest BCUT2D eigenvalue weighted by atomic mass is 10.2. The van der Waals surface area contributed by atoms with Gasteiger partial charge in [-0.15, -0.1) is 0 Å².